The van der Waals surface area contributed by atoms with E-state index in [9.17, 15) is 0 Å². The van der Waals surface area contributed by atoms with Crippen molar-refractivity contribution in [3.63, 3.8) is 0 Å². The number of nitrogens with one attached hydrogen (secondary N) is 1. The Bertz CT molecular complexity index is 738. The second kappa shape index (κ2) is 6.10. The molecule has 0 unspecified atom stereocenters. The van der Waals surface area contributed by atoms with Crippen molar-refractivity contribution in [2.45, 2.75) is 13.5 Å². The molecule has 0 fully saturated rings. The average Bonchev–Trinajstić information content (AvgIpc) is 3.03. The fraction of sp³-hybridized carbons (Fsp3) is 0.125. The number of hydrogen-bond acceptors (Lipinski definition) is 3. The molecule has 4 nitrogen and oxygen atoms in total. The standard InChI is InChI=1S/C16H15BrN4/c1-12-7-9-18-16(15(12)17)19-11-13-5-2-3-6-14(13)21-10-4-8-20-21/h2-10H,11H2,1H3,(H,18,19). The van der Waals surface area contributed by atoms with Gasteiger partial charge < -0.3 is 5.32 Å². The van der Waals surface area contributed by atoms with Gasteiger partial charge in [-0.3, -0.25) is 0 Å². The van der Waals surface area contributed by atoms with Gasteiger partial charge in [0, 0.05) is 25.1 Å². The summed E-state index contributed by atoms with van der Waals surface area (Å²) in [6.07, 6.45) is 5.53. The van der Waals surface area contributed by atoms with Crippen molar-refractivity contribution >= 4 is 21.7 Å². The Hall–Kier alpha value is -2.14. The van der Waals surface area contributed by atoms with Crippen molar-refractivity contribution in [3.8, 4) is 5.69 Å². The summed E-state index contributed by atoms with van der Waals surface area (Å²) in [7, 11) is 0. The molecule has 0 amide bonds. The van der Waals surface area contributed by atoms with Gasteiger partial charge in [-0.1, -0.05) is 18.2 Å². The van der Waals surface area contributed by atoms with E-state index in [1.54, 1.807) is 6.20 Å². The van der Waals surface area contributed by atoms with Gasteiger partial charge in [0.2, 0.25) is 0 Å². The molecule has 0 saturated heterocycles. The second-order valence-corrected chi connectivity index (χ2v) is 5.52. The van der Waals surface area contributed by atoms with Crippen LogP contribution >= 0.6 is 15.9 Å². The molecule has 2 heterocycles. The van der Waals surface area contributed by atoms with Gasteiger partial charge in [-0.25, -0.2) is 9.67 Å². The van der Waals surface area contributed by atoms with E-state index >= 15 is 0 Å². The van der Waals surface area contributed by atoms with Crippen LogP contribution in [0.2, 0.25) is 0 Å². The largest absolute Gasteiger partial charge is 0.365 e. The predicted octanol–water partition coefficient (Wildman–Crippen LogP) is 3.95. The van der Waals surface area contributed by atoms with Crippen LogP contribution in [0.4, 0.5) is 5.82 Å². The quantitative estimate of drug-likeness (QED) is 0.780. The first-order valence-electron chi connectivity index (χ1n) is 6.68. The molecule has 106 valence electrons. The lowest BCUT2D eigenvalue weighted by Crippen LogP contribution is -2.07. The Morgan fingerprint density at radius 2 is 2.00 bits per heavy atom. The topological polar surface area (TPSA) is 42.7 Å². The molecule has 0 saturated carbocycles. The lowest BCUT2D eigenvalue weighted by molar-refractivity contribution is 0.863. The van der Waals surface area contributed by atoms with Crippen LogP contribution in [-0.4, -0.2) is 14.8 Å². The lowest BCUT2D eigenvalue weighted by Gasteiger charge is -2.12. The third kappa shape index (κ3) is 2.97. The summed E-state index contributed by atoms with van der Waals surface area (Å²) in [5.41, 5.74) is 3.39. The highest BCUT2D eigenvalue weighted by Crippen LogP contribution is 2.24. The number of para-hydroxylation sites is 1. The monoisotopic (exact) mass is 342 g/mol. The van der Waals surface area contributed by atoms with Gasteiger partial charge in [0.05, 0.1) is 10.2 Å². The molecule has 21 heavy (non-hydrogen) atoms. The summed E-state index contributed by atoms with van der Waals surface area (Å²) in [4.78, 5) is 4.37. The van der Waals surface area contributed by atoms with E-state index in [4.69, 9.17) is 0 Å². The minimum absolute atomic E-state index is 0.686. The molecule has 0 spiro atoms. The molecule has 2 aromatic heterocycles. The van der Waals surface area contributed by atoms with Crippen LogP contribution in [0.5, 0.6) is 0 Å². The summed E-state index contributed by atoms with van der Waals surface area (Å²) < 4.78 is 2.87. The summed E-state index contributed by atoms with van der Waals surface area (Å²) in [5.74, 6) is 0.852. The number of anilines is 1. The fourth-order valence-corrected chi connectivity index (χ4v) is 2.51. The molecule has 0 atom stereocenters. The average molecular weight is 343 g/mol. The number of hydrogen-bond donors (Lipinski definition) is 1. The van der Waals surface area contributed by atoms with Gasteiger partial charge in [0.25, 0.3) is 0 Å². The first-order chi connectivity index (χ1) is 10.3. The van der Waals surface area contributed by atoms with E-state index in [1.165, 1.54) is 0 Å². The first-order valence-corrected chi connectivity index (χ1v) is 7.48. The molecule has 1 aromatic carbocycles. The summed E-state index contributed by atoms with van der Waals surface area (Å²) in [6, 6.07) is 12.1. The zero-order chi connectivity index (χ0) is 14.7. The maximum atomic E-state index is 4.37. The van der Waals surface area contributed by atoms with Crippen molar-refractivity contribution in [2.24, 2.45) is 0 Å². The van der Waals surface area contributed by atoms with Gasteiger partial charge >= 0.3 is 0 Å². The van der Waals surface area contributed by atoms with Crippen molar-refractivity contribution in [1.29, 1.82) is 0 Å². The van der Waals surface area contributed by atoms with Crippen LogP contribution in [-0.2, 0) is 6.54 Å². The third-order valence-electron chi connectivity index (χ3n) is 3.27. The zero-order valence-electron chi connectivity index (χ0n) is 11.6. The molecule has 0 radical (unpaired) electrons. The smallest absolute Gasteiger partial charge is 0.140 e. The molecule has 3 aromatic rings. The van der Waals surface area contributed by atoms with Crippen molar-refractivity contribution in [1.82, 2.24) is 14.8 Å². The van der Waals surface area contributed by atoms with Crippen LogP contribution in [0, 0.1) is 6.92 Å². The number of aryl methyl sites for hydroxylation is 1. The van der Waals surface area contributed by atoms with E-state index in [0.717, 1.165) is 27.1 Å². The van der Waals surface area contributed by atoms with Crippen molar-refractivity contribution < 1.29 is 0 Å². The molecule has 0 aliphatic heterocycles. The molecule has 0 bridgehead atoms. The van der Waals surface area contributed by atoms with E-state index in [0.29, 0.717) is 6.54 Å². The molecule has 3 rings (SSSR count). The van der Waals surface area contributed by atoms with Crippen LogP contribution in [0.3, 0.4) is 0 Å². The van der Waals surface area contributed by atoms with Gasteiger partial charge in [0.15, 0.2) is 0 Å². The predicted molar refractivity (Wildman–Crippen MR) is 87.6 cm³/mol. The highest BCUT2D eigenvalue weighted by Gasteiger charge is 2.07. The Morgan fingerprint density at radius 3 is 2.81 bits per heavy atom. The van der Waals surface area contributed by atoms with Crippen molar-refractivity contribution in [3.05, 3.63) is 70.6 Å². The van der Waals surface area contributed by atoms with E-state index in [1.807, 2.05) is 41.3 Å². The highest BCUT2D eigenvalue weighted by atomic mass is 79.9. The van der Waals surface area contributed by atoms with Crippen molar-refractivity contribution in [2.75, 3.05) is 5.32 Å². The van der Waals surface area contributed by atoms with Gasteiger partial charge in [-0.05, 0) is 52.2 Å². The van der Waals surface area contributed by atoms with E-state index in [2.05, 4.69) is 50.4 Å². The number of aromatic nitrogens is 3. The molecule has 0 aliphatic carbocycles. The fourth-order valence-electron chi connectivity index (χ4n) is 2.14. The number of pyridine rings is 1. The lowest BCUT2D eigenvalue weighted by atomic mass is 10.1. The Kier molecular flexibility index (Phi) is 4.01. The minimum atomic E-state index is 0.686. The maximum Gasteiger partial charge on any atom is 0.140 e. The summed E-state index contributed by atoms with van der Waals surface area (Å²) in [5, 5.41) is 7.67. The normalized spacial score (nSPS) is 10.6. The number of halogens is 1. The number of benzene rings is 1. The summed E-state index contributed by atoms with van der Waals surface area (Å²) >= 11 is 3.57. The van der Waals surface area contributed by atoms with E-state index in [-0.39, 0.29) is 0 Å². The first kappa shape index (κ1) is 13.8. The van der Waals surface area contributed by atoms with Gasteiger partial charge in [-0.2, -0.15) is 5.10 Å². The van der Waals surface area contributed by atoms with Crippen LogP contribution < -0.4 is 5.32 Å². The molecule has 5 heteroatoms. The van der Waals surface area contributed by atoms with Gasteiger partial charge in [-0.15, -0.1) is 0 Å². The maximum absolute atomic E-state index is 4.37. The van der Waals surface area contributed by atoms with Crippen LogP contribution in [0.1, 0.15) is 11.1 Å². The van der Waals surface area contributed by atoms with Crippen LogP contribution in [0.25, 0.3) is 5.69 Å². The Labute approximate surface area is 132 Å². The third-order valence-corrected chi connectivity index (χ3v) is 4.27. The molecule has 1 N–H and O–H groups in total. The van der Waals surface area contributed by atoms with E-state index < -0.39 is 0 Å². The zero-order valence-corrected chi connectivity index (χ0v) is 13.2. The Balaban J connectivity index is 1.85. The molecular weight excluding hydrogens is 328 g/mol. The minimum Gasteiger partial charge on any atom is -0.365 e. The highest BCUT2D eigenvalue weighted by molar-refractivity contribution is 9.10. The van der Waals surface area contributed by atoms with Crippen LogP contribution in [0.15, 0.2) is 59.5 Å². The second-order valence-electron chi connectivity index (χ2n) is 4.72. The Morgan fingerprint density at radius 1 is 1.14 bits per heavy atom. The summed E-state index contributed by atoms with van der Waals surface area (Å²) in [6.45, 7) is 2.74. The van der Waals surface area contributed by atoms with Gasteiger partial charge in [0.1, 0.15) is 5.82 Å². The molecule has 0 aliphatic rings. The number of rotatable bonds is 4. The number of nitrogens with zero attached hydrogens (tertiary/aromatic N) is 3. The molecular formula is C16H15BrN4. The SMILES string of the molecule is Cc1ccnc(NCc2ccccc2-n2cccn2)c1Br.